The molecule has 1 aromatic heterocycles. The van der Waals surface area contributed by atoms with Crippen molar-refractivity contribution in [2.75, 3.05) is 0 Å². The van der Waals surface area contributed by atoms with Crippen molar-refractivity contribution < 1.29 is 0 Å². The Kier molecular flexibility index (Phi) is 4.98. The van der Waals surface area contributed by atoms with Crippen LogP contribution in [-0.2, 0) is 12.8 Å². The Hall–Kier alpha value is -1.36. The molecule has 0 saturated heterocycles. The van der Waals surface area contributed by atoms with E-state index in [9.17, 15) is 0 Å². The fourth-order valence-electron chi connectivity index (χ4n) is 2.03. The smallest absolute Gasteiger partial charge is 0.101 e. The first-order chi connectivity index (χ1) is 7.81. The molecule has 2 heteroatoms. The molecule has 16 heavy (non-hydrogen) atoms. The summed E-state index contributed by atoms with van der Waals surface area (Å²) < 4.78 is 0. The molecule has 1 aromatic rings. The summed E-state index contributed by atoms with van der Waals surface area (Å²) in [6.07, 6.45) is 5.95. The number of aromatic nitrogens is 1. The van der Waals surface area contributed by atoms with E-state index >= 15 is 0 Å². The molecule has 0 unspecified atom stereocenters. The third kappa shape index (κ3) is 2.82. The van der Waals surface area contributed by atoms with Gasteiger partial charge >= 0.3 is 0 Å². The molecular formula is C14H20N2. The summed E-state index contributed by atoms with van der Waals surface area (Å²) in [7, 11) is 0. The minimum Gasteiger partial charge on any atom is -0.257 e. The second-order valence-electron chi connectivity index (χ2n) is 3.90. The number of fused-ring (bicyclic) bond motifs is 1. The maximum Gasteiger partial charge on any atom is 0.101 e. The Balaban J connectivity index is 0.000000606. The summed E-state index contributed by atoms with van der Waals surface area (Å²) in [5, 5.41) is 8.90. The normalized spacial score (nSPS) is 13.9. The average molecular weight is 216 g/mol. The van der Waals surface area contributed by atoms with E-state index in [1.807, 2.05) is 26.8 Å². The van der Waals surface area contributed by atoms with Crippen LogP contribution in [0.2, 0.25) is 0 Å². The Labute approximate surface area is 98.3 Å². The molecule has 0 radical (unpaired) electrons. The Morgan fingerprint density at radius 3 is 2.56 bits per heavy atom. The van der Waals surface area contributed by atoms with Gasteiger partial charge in [-0.05, 0) is 44.2 Å². The van der Waals surface area contributed by atoms with E-state index < -0.39 is 0 Å². The van der Waals surface area contributed by atoms with Crippen molar-refractivity contribution in [3.63, 3.8) is 0 Å². The Bertz CT molecular complexity index is 388. The van der Waals surface area contributed by atoms with Crippen molar-refractivity contribution in [2.24, 2.45) is 0 Å². The van der Waals surface area contributed by atoms with Gasteiger partial charge in [0.05, 0.1) is 11.3 Å². The van der Waals surface area contributed by atoms with Crippen LogP contribution in [0.4, 0.5) is 0 Å². The maximum atomic E-state index is 8.90. The van der Waals surface area contributed by atoms with Crippen molar-refractivity contribution in [3.8, 4) is 6.07 Å². The fourth-order valence-corrected chi connectivity index (χ4v) is 2.03. The van der Waals surface area contributed by atoms with Crippen LogP contribution in [0, 0.1) is 18.3 Å². The van der Waals surface area contributed by atoms with Gasteiger partial charge in [0.25, 0.3) is 0 Å². The lowest BCUT2D eigenvalue weighted by molar-refractivity contribution is 0.708. The molecule has 0 fully saturated rings. The Morgan fingerprint density at radius 1 is 1.19 bits per heavy atom. The van der Waals surface area contributed by atoms with E-state index in [-0.39, 0.29) is 0 Å². The molecule has 2 nitrogen and oxygen atoms in total. The SMILES string of the molecule is CC.Cc1nc2c(cc1C#N)CCCCC2. The first-order valence-corrected chi connectivity index (χ1v) is 6.21. The van der Waals surface area contributed by atoms with Gasteiger partial charge in [-0.3, -0.25) is 4.98 Å². The van der Waals surface area contributed by atoms with Crippen LogP contribution >= 0.6 is 0 Å². The molecule has 0 aliphatic heterocycles. The van der Waals surface area contributed by atoms with Crippen LogP contribution < -0.4 is 0 Å². The predicted octanol–water partition coefficient (Wildman–Crippen LogP) is 3.56. The monoisotopic (exact) mass is 216 g/mol. The van der Waals surface area contributed by atoms with E-state index in [2.05, 4.69) is 11.1 Å². The number of hydrogen-bond donors (Lipinski definition) is 0. The quantitative estimate of drug-likeness (QED) is 0.622. The second-order valence-corrected chi connectivity index (χ2v) is 3.90. The average Bonchev–Trinajstić information content (AvgIpc) is 2.55. The van der Waals surface area contributed by atoms with Crippen LogP contribution in [-0.4, -0.2) is 4.98 Å². The van der Waals surface area contributed by atoms with Crippen LogP contribution in [0.3, 0.4) is 0 Å². The highest BCUT2D eigenvalue weighted by Crippen LogP contribution is 2.21. The van der Waals surface area contributed by atoms with Crippen molar-refractivity contribution in [1.29, 1.82) is 5.26 Å². The zero-order chi connectivity index (χ0) is 12.0. The summed E-state index contributed by atoms with van der Waals surface area (Å²) in [5.74, 6) is 0. The van der Waals surface area contributed by atoms with Crippen molar-refractivity contribution >= 4 is 0 Å². The van der Waals surface area contributed by atoms with Crippen molar-refractivity contribution in [3.05, 3.63) is 28.6 Å². The number of rotatable bonds is 0. The molecule has 0 atom stereocenters. The highest BCUT2D eigenvalue weighted by molar-refractivity contribution is 5.38. The molecule has 2 rings (SSSR count). The molecule has 1 aliphatic rings. The van der Waals surface area contributed by atoms with Crippen molar-refractivity contribution in [1.82, 2.24) is 4.98 Å². The molecule has 86 valence electrons. The van der Waals surface area contributed by atoms with Gasteiger partial charge in [-0.2, -0.15) is 5.26 Å². The molecule has 0 spiro atoms. The summed E-state index contributed by atoms with van der Waals surface area (Å²) in [6, 6.07) is 4.23. The molecule has 0 N–H and O–H groups in total. The van der Waals surface area contributed by atoms with Gasteiger partial charge in [-0.1, -0.05) is 20.3 Å². The molecule has 0 aromatic carbocycles. The molecule has 0 amide bonds. The molecular weight excluding hydrogens is 196 g/mol. The van der Waals surface area contributed by atoms with Gasteiger partial charge in [0.2, 0.25) is 0 Å². The minimum absolute atomic E-state index is 0.741. The number of pyridine rings is 1. The third-order valence-corrected chi connectivity index (χ3v) is 2.86. The molecule has 0 bridgehead atoms. The minimum atomic E-state index is 0.741. The number of hydrogen-bond acceptors (Lipinski definition) is 2. The van der Waals surface area contributed by atoms with Crippen molar-refractivity contribution in [2.45, 2.75) is 52.9 Å². The zero-order valence-corrected chi connectivity index (χ0v) is 10.5. The van der Waals surface area contributed by atoms with E-state index in [1.54, 1.807) is 0 Å². The van der Waals surface area contributed by atoms with Gasteiger partial charge in [0.15, 0.2) is 0 Å². The standard InChI is InChI=1S/C12H14N2.C2H6/c1-9-11(8-13)7-10-5-3-2-4-6-12(10)14-9;1-2/h7H,2-6H2,1H3;1-2H3. The topological polar surface area (TPSA) is 36.7 Å². The van der Waals surface area contributed by atoms with Gasteiger partial charge < -0.3 is 0 Å². The second kappa shape index (κ2) is 6.27. The first-order valence-electron chi connectivity index (χ1n) is 6.21. The Morgan fingerprint density at radius 2 is 1.88 bits per heavy atom. The number of nitriles is 1. The highest BCUT2D eigenvalue weighted by Gasteiger charge is 2.11. The summed E-state index contributed by atoms with van der Waals surface area (Å²) in [4.78, 5) is 4.52. The van der Waals surface area contributed by atoms with Gasteiger partial charge in [0, 0.05) is 5.69 Å². The summed E-state index contributed by atoms with van der Waals surface area (Å²) in [5.41, 5.74) is 4.14. The van der Waals surface area contributed by atoms with Crippen LogP contribution in [0.25, 0.3) is 0 Å². The van der Waals surface area contributed by atoms with E-state index in [4.69, 9.17) is 5.26 Å². The molecule has 1 heterocycles. The number of aryl methyl sites for hydroxylation is 3. The van der Waals surface area contributed by atoms with E-state index in [0.29, 0.717) is 0 Å². The van der Waals surface area contributed by atoms with E-state index in [0.717, 1.165) is 24.1 Å². The largest absolute Gasteiger partial charge is 0.257 e. The van der Waals surface area contributed by atoms with E-state index in [1.165, 1.54) is 30.5 Å². The van der Waals surface area contributed by atoms with Gasteiger partial charge in [0.1, 0.15) is 6.07 Å². The predicted molar refractivity (Wildman–Crippen MR) is 66.3 cm³/mol. The first kappa shape index (κ1) is 12.7. The summed E-state index contributed by atoms with van der Waals surface area (Å²) in [6.45, 7) is 5.92. The summed E-state index contributed by atoms with van der Waals surface area (Å²) >= 11 is 0. The molecule has 0 saturated carbocycles. The fraction of sp³-hybridized carbons (Fsp3) is 0.571. The number of nitrogens with zero attached hydrogens (tertiary/aromatic N) is 2. The van der Waals surface area contributed by atoms with Crippen LogP contribution in [0.15, 0.2) is 6.07 Å². The lowest BCUT2D eigenvalue weighted by Crippen LogP contribution is -2.00. The lowest BCUT2D eigenvalue weighted by atomic mass is 10.0. The van der Waals surface area contributed by atoms with Gasteiger partial charge in [-0.25, -0.2) is 0 Å². The molecule has 1 aliphatic carbocycles. The van der Waals surface area contributed by atoms with Crippen LogP contribution in [0.1, 0.15) is 55.6 Å². The van der Waals surface area contributed by atoms with Gasteiger partial charge in [-0.15, -0.1) is 0 Å². The third-order valence-electron chi connectivity index (χ3n) is 2.86. The lowest BCUT2D eigenvalue weighted by Gasteiger charge is -2.06. The van der Waals surface area contributed by atoms with Crippen LogP contribution in [0.5, 0.6) is 0 Å². The maximum absolute atomic E-state index is 8.90. The highest BCUT2D eigenvalue weighted by atomic mass is 14.7. The zero-order valence-electron chi connectivity index (χ0n) is 10.5.